The summed E-state index contributed by atoms with van der Waals surface area (Å²) in [5.41, 5.74) is 0. The number of halogens is 2. The van der Waals surface area contributed by atoms with Crippen LogP contribution in [0, 0.1) is 0 Å². The Morgan fingerprint density at radius 2 is 1.71 bits per heavy atom. The zero-order valence-electron chi connectivity index (χ0n) is 4.67. The van der Waals surface area contributed by atoms with Crippen molar-refractivity contribution >= 4 is 43.5 Å². The molecule has 0 N–H and O–H groups in total. The van der Waals surface area contributed by atoms with Crippen LogP contribution in [0.1, 0.15) is 13.8 Å². The average molecular weight is 384 g/mol. The van der Waals surface area contributed by atoms with Crippen LogP contribution in [0.5, 0.6) is 0 Å². The Hall–Kier alpha value is 2.01. The van der Waals surface area contributed by atoms with Gasteiger partial charge in [-0.3, -0.25) is 0 Å². The molecule has 3 heteroatoms. The molecule has 0 rings (SSSR count). The van der Waals surface area contributed by atoms with Crippen molar-refractivity contribution in [1.82, 2.24) is 0 Å². The first-order chi connectivity index (χ1) is 3.12. The maximum absolute atomic E-state index is 3.78. The SMILES string of the molecule is C[CH2][Sn]([Br])([I])[CH2]C. The summed E-state index contributed by atoms with van der Waals surface area (Å²) in [6, 6.07) is 0. The van der Waals surface area contributed by atoms with Crippen molar-refractivity contribution < 1.29 is 0 Å². The Balaban J connectivity index is 3.36. The summed E-state index contributed by atoms with van der Waals surface area (Å²) in [7, 11) is 0. The molecule has 0 aromatic heterocycles. The minimum absolute atomic E-state index is 1.41. The molecule has 44 valence electrons. The third kappa shape index (κ3) is 4.51. The molecule has 0 nitrogen and oxygen atoms in total. The van der Waals surface area contributed by atoms with E-state index in [-0.39, 0.29) is 0 Å². The van der Waals surface area contributed by atoms with Crippen molar-refractivity contribution in [1.29, 1.82) is 0 Å². The van der Waals surface area contributed by atoms with Gasteiger partial charge in [0.15, 0.2) is 0 Å². The molecule has 0 saturated carbocycles. The molecular weight excluding hydrogens is 374 g/mol. The first kappa shape index (κ1) is 9.01. The second-order valence-corrected chi connectivity index (χ2v) is 44.5. The van der Waals surface area contributed by atoms with Crippen molar-refractivity contribution in [2.75, 3.05) is 0 Å². The Bertz CT molecular complexity index is 49.7. The third-order valence-corrected chi connectivity index (χ3v) is 24.7. The van der Waals surface area contributed by atoms with Gasteiger partial charge in [-0.15, -0.1) is 0 Å². The molecule has 0 aliphatic rings. The van der Waals surface area contributed by atoms with E-state index in [4.69, 9.17) is 0 Å². The zero-order valence-corrected chi connectivity index (χ0v) is 11.3. The van der Waals surface area contributed by atoms with Gasteiger partial charge in [0, 0.05) is 0 Å². The molecule has 0 aliphatic carbocycles. The van der Waals surface area contributed by atoms with E-state index in [0.717, 1.165) is 0 Å². The molecule has 0 spiro atoms. The molecule has 0 bridgehead atoms. The number of rotatable bonds is 2. The summed E-state index contributed by atoms with van der Waals surface area (Å²) in [5.74, 6) is 0. The molecule has 0 fully saturated rings. The first-order valence-electron chi connectivity index (χ1n) is 2.50. The molecule has 0 aromatic rings. The van der Waals surface area contributed by atoms with Gasteiger partial charge in [0.1, 0.15) is 0 Å². The summed E-state index contributed by atoms with van der Waals surface area (Å²) in [6.45, 7) is 4.56. The summed E-state index contributed by atoms with van der Waals surface area (Å²) in [4.78, 5) is 0. The van der Waals surface area contributed by atoms with Crippen LogP contribution in [0.15, 0.2) is 0 Å². The molecule has 0 aliphatic heterocycles. The summed E-state index contributed by atoms with van der Waals surface area (Å²) >= 11 is 4.91. The molecule has 0 aromatic carbocycles. The first-order valence-corrected chi connectivity index (χ1v) is 21.2. The fourth-order valence-corrected chi connectivity index (χ4v) is 1.68. The van der Waals surface area contributed by atoms with E-state index < -0.39 is 12.2 Å². The Morgan fingerprint density at radius 1 is 1.43 bits per heavy atom. The van der Waals surface area contributed by atoms with Crippen LogP contribution in [0.3, 0.4) is 0 Å². The quantitative estimate of drug-likeness (QED) is 0.507. The van der Waals surface area contributed by atoms with Crippen LogP contribution in [-0.2, 0) is 0 Å². The molecule has 7 heavy (non-hydrogen) atoms. The topological polar surface area (TPSA) is 0 Å². The van der Waals surface area contributed by atoms with Crippen LogP contribution in [-0.4, -0.2) is 12.2 Å². The predicted octanol–water partition coefficient (Wildman–Crippen LogP) is 3.30. The van der Waals surface area contributed by atoms with Gasteiger partial charge >= 0.3 is 66.2 Å². The predicted molar refractivity (Wildman–Crippen MR) is 49.7 cm³/mol. The summed E-state index contributed by atoms with van der Waals surface area (Å²) in [5, 5.41) is 0. The standard InChI is InChI=1S/2C2H5.BrH.HI.Sn/c2*1-2;;;/h2*1H2,2H3;2*1H;/q;;;;+2/p-2. The second kappa shape index (κ2) is 3.93. The van der Waals surface area contributed by atoms with Gasteiger partial charge in [-0.1, -0.05) is 0 Å². The fourth-order valence-electron chi connectivity index (χ4n) is 0.250. The second-order valence-electron chi connectivity index (χ2n) is 1.56. The van der Waals surface area contributed by atoms with Crippen LogP contribution in [0.4, 0.5) is 0 Å². The van der Waals surface area contributed by atoms with E-state index in [0.29, 0.717) is 0 Å². The van der Waals surface area contributed by atoms with Gasteiger partial charge in [0.2, 0.25) is 0 Å². The van der Waals surface area contributed by atoms with E-state index in [1.54, 1.807) is 0 Å². The third-order valence-electron chi connectivity index (χ3n) is 1.03. The van der Waals surface area contributed by atoms with Gasteiger partial charge in [0.25, 0.3) is 0 Å². The van der Waals surface area contributed by atoms with Crippen molar-refractivity contribution in [2.45, 2.75) is 22.7 Å². The number of hydrogen-bond donors (Lipinski definition) is 0. The van der Waals surface area contributed by atoms with E-state index in [1.807, 2.05) is 0 Å². The van der Waals surface area contributed by atoms with Gasteiger partial charge in [-0.25, -0.2) is 0 Å². The van der Waals surface area contributed by atoms with Crippen molar-refractivity contribution in [3.8, 4) is 0 Å². The average Bonchev–Trinajstić information content (AvgIpc) is 1.68. The molecule has 0 amide bonds. The monoisotopic (exact) mass is 384 g/mol. The van der Waals surface area contributed by atoms with Crippen molar-refractivity contribution in [2.24, 2.45) is 0 Å². The van der Waals surface area contributed by atoms with Crippen LogP contribution < -0.4 is 0 Å². The van der Waals surface area contributed by atoms with E-state index in [2.05, 4.69) is 45.2 Å². The van der Waals surface area contributed by atoms with Crippen molar-refractivity contribution in [3.63, 3.8) is 0 Å². The van der Waals surface area contributed by atoms with Gasteiger partial charge in [-0.05, 0) is 0 Å². The normalized spacial score (nSPS) is 12.0. The maximum atomic E-state index is 3.78. The summed E-state index contributed by atoms with van der Waals surface area (Å²) in [6.07, 6.45) is 0. The van der Waals surface area contributed by atoms with Crippen LogP contribution in [0.25, 0.3) is 0 Å². The van der Waals surface area contributed by atoms with E-state index in [1.165, 1.54) is 8.87 Å². The number of hydrogen-bond acceptors (Lipinski definition) is 0. The van der Waals surface area contributed by atoms with Gasteiger partial charge < -0.3 is 0 Å². The fraction of sp³-hybridized carbons (Fsp3) is 1.00. The Morgan fingerprint density at radius 3 is 1.71 bits per heavy atom. The van der Waals surface area contributed by atoms with E-state index >= 15 is 0 Å². The Kier molecular flexibility index (Phi) is 5.05. The molecule has 0 unspecified atom stereocenters. The van der Waals surface area contributed by atoms with Gasteiger partial charge in [0.05, 0.1) is 0 Å². The minimum atomic E-state index is -1.50. The van der Waals surface area contributed by atoms with Gasteiger partial charge in [-0.2, -0.15) is 0 Å². The molecule has 0 atom stereocenters. The van der Waals surface area contributed by atoms with Crippen LogP contribution >= 0.6 is 31.3 Å². The summed E-state index contributed by atoms with van der Waals surface area (Å²) < 4.78 is 2.82. The molecule has 0 heterocycles. The molecule has 0 radical (unpaired) electrons. The van der Waals surface area contributed by atoms with Crippen molar-refractivity contribution in [3.05, 3.63) is 0 Å². The van der Waals surface area contributed by atoms with E-state index in [9.17, 15) is 0 Å². The Labute approximate surface area is 65.3 Å². The zero-order chi connectivity index (χ0) is 5.91. The molecular formula is C4H10BrISn. The van der Waals surface area contributed by atoms with Crippen LogP contribution in [0.2, 0.25) is 8.87 Å². The molecule has 0 saturated heterocycles.